The van der Waals surface area contributed by atoms with E-state index < -0.39 is 0 Å². The van der Waals surface area contributed by atoms with Crippen molar-refractivity contribution in [3.8, 4) is 11.8 Å². The topological polar surface area (TPSA) is 43.1 Å². The SMILES string of the molecule is CC(=O)SCC#Cc1cc(Cl)c(N)cc1Cl. The molecule has 0 amide bonds. The molecule has 0 aromatic heterocycles. The molecule has 2 N–H and O–H groups in total. The van der Waals surface area contributed by atoms with Crippen molar-refractivity contribution in [3.63, 3.8) is 0 Å². The Labute approximate surface area is 108 Å². The molecule has 0 unspecified atom stereocenters. The summed E-state index contributed by atoms with van der Waals surface area (Å²) in [5.74, 6) is 6.11. The molecular formula is C11H9Cl2NOS. The molecule has 0 saturated carbocycles. The molecule has 0 aliphatic rings. The van der Waals surface area contributed by atoms with Crippen LogP contribution < -0.4 is 5.73 Å². The summed E-state index contributed by atoms with van der Waals surface area (Å²) in [5.41, 5.74) is 6.61. The van der Waals surface area contributed by atoms with Crippen molar-refractivity contribution < 1.29 is 4.79 Å². The second-order valence-electron chi connectivity index (χ2n) is 2.94. The molecule has 2 nitrogen and oxygen atoms in total. The highest BCUT2D eigenvalue weighted by molar-refractivity contribution is 8.13. The zero-order valence-electron chi connectivity index (χ0n) is 8.51. The van der Waals surface area contributed by atoms with Gasteiger partial charge in [-0.05, 0) is 12.1 Å². The quantitative estimate of drug-likeness (QED) is 0.631. The number of nitrogens with two attached hydrogens (primary N) is 1. The van der Waals surface area contributed by atoms with Gasteiger partial charge in [0.05, 0.1) is 21.5 Å². The maximum Gasteiger partial charge on any atom is 0.186 e. The van der Waals surface area contributed by atoms with Crippen molar-refractivity contribution in [2.24, 2.45) is 0 Å². The highest BCUT2D eigenvalue weighted by atomic mass is 35.5. The largest absolute Gasteiger partial charge is 0.397 e. The van der Waals surface area contributed by atoms with Gasteiger partial charge in [0, 0.05) is 12.5 Å². The zero-order chi connectivity index (χ0) is 12.1. The average molecular weight is 274 g/mol. The molecule has 0 atom stereocenters. The van der Waals surface area contributed by atoms with Crippen LogP contribution in [0, 0.1) is 11.8 Å². The Hall–Kier alpha value is -0.820. The summed E-state index contributed by atoms with van der Waals surface area (Å²) in [6.07, 6.45) is 0. The van der Waals surface area contributed by atoms with Gasteiger partial charge in [0.2, 0.25) is 0 Å². The number of hydrogen-bond donors (Lipinski definition) is 1. The molecule has 0 heterocycles. The van der Waals surface area contributed by atoms with E-state index in [1.807, 2.05) is 0 Å². The van der Waals surface area contributed by atoms with Gasteiger partial charge in [-0.2, -0.15) is 0 Å². The third-order valence-corrected chi connectivity index (χ3v) is 2.99. The Morgan fingerprint density at radius 3 is 2.75 bits per heavy atom. The number of carbonyl (C=O) groups is 1. The van der Waals surface area contributed by atoms with Gasteiger partial charge in [0.15, 0.2) is 5.12 Å². The van der Waals surface area contributed by atoms with Gasteiger partial charge in [0.1, 0.15) is 0 Å². The van der Waals surface area contributed by atoms with E-state index in [4.69, 9.17) is 28.9 Å². The number of thioether (sulfide) groups is 1. The maximum absolute atomic E-state index is 10.7. The van der Waals surface area contributed by atoms with Crippen LogP contribution in [-0.4, -0.2) is 10.9 Å². The molecule has 0 radical (unpaired) electrons. The summed E-state index contributed by atoms with van der Waals surface area (Å²) in [6, 6.07) is 3.18. The number of carbonyl (C=O) groups excluding carboxylic acids is 1. The molecule has 16 heavy (non-hydrogen) atoms. The van der Waals surface area contributed by atoms with E-state index in [1.165, 1.54) is 6.92 Å². The highest BCUT2D eigenvalue weighted by Gasteiger charge is 2.02. The van der Waals surface area contributed by atoms with Gasteiger partial charge in [-0.3, -0.25) is 4.79 Å². The molecule has 0 fully saturated rings. The summed E-state index contributed by atoms with van der Waals surface area (Å²) >= 11 is 12.9. The lowest BCUT2D eigenvalue weighted by Gasteiger charge is -2.00. The van der Waals surface area contributed by atoms with Crippen LogP contribution >= 0.6 is 35.0 Å². The molecular weight excluding hydrogens is 265 g/mol. The minimum atomic E-state index is 0.0377. The Kier molecular flexibility index (Phi) is 5.01. The van der Waals surface area contributed by atoms with E-state index in [-0.39, 0.29) is 5.12 Å². The summed E-state index contributed by atoms with van der Waals surface area (Å²) in [4.78, 5) is 10.7. The lowest BCUT2D eigenvalue weighted by Crippen LogP contribution is -1.88. The fourth-order valence-corrected chi connectivity index (χ4v) is 1.66. The maximum atomic E-state index is 10.7. The Morgan fingerprint density at radius 1 is 1.44 bits per heavy atom. The van der Waals surface area contributed by atoms with E-state index in [1.54, 1.807) is 12.1 Å². The standard InChI is InChI=1S/C11H9Cl2NOS/c1-7(15)16-4-2-3-8-5-10(13)11(14)6-9(8)12/h5-6H,4,14H2,1H3. The van der Waals surface area contributed by atoms with Crippen molar-refractivity contribution in [2.75, 3.05) is 11.5 Å². The molecule has 0 spiro atoms. The molecule has 0 bridgehead atoms. The third kappa shape index (κ3) is 3.97. The van der Waals surface area contributed by atoms with Crippen LogP contribution in [0.25, 0.3) is 0 Å². The van der Waals surface area contributed by atoms with Crippen LogP contribution in [0.4, 0.5) is 5.69 Å². The Bertz CT molecular complexity index is 477. The molecule has 0 saturated heterocycles. The highest BCUT2D eigenvalue weighted by Crippen LogP contribution is 2.26. The normalized spacial score (nSPS) is 9.44. The summed E-state index contributed by atoms with van der Waals surface area (Å²) in [7, 11) is 0. The number of anilines is 1. The van der Waals surface area contributed by atoms with Crippen LogP contribution in [0.1, 0.15) is 12.5 Å². The summed E-state index contributed by atoms with van der Waals surface area (Å²) < 4.78 is 0. The lowest BCUT2D eigenvalue weighted by atomic mass is 10.2. The van der Waals surface area contributed by atoms with Crippen molar-refractivity contribution in [1.82, 2.24) is 0 Å². The van der Waals surface area contributed by atoms with Gasteiger partial charge in [-0.25, -0.2) is 0 Å². The molecule has 1 aromatic rings. The number of nitrogen functional groups attached to an aromatic ring is 1. The first kappa shape index (κ1) is 13.2. The molecule has 0 aliphatic heterocycles. The average Bonchev–Trinajstić information content (AvgIpc) is 2.19. The molecule has 1 rings (SSSR count). The second kappa shape index (κ2) is 6.05. The predicted octanol–water partition coefficient (Wildman–Crippen LogP) is 3.21. The number of hydrogen-bond acceptors (Lipinski definition) is 3. The molecule has 5 heteroatoms. The summed E-state index contributed by atoms with van der Waals surface area (Å²) in [5, 5.41) is 0.922. The smallest absolute Gasteiger partial charge is 0.186 e. The monoisotopic (exact) mass is 273 g/mol. The fourth-order valence-electron chi connectivity index (χ4n) is 0.927. The first-order valence-corrected chi connectivity index (χ1v) is 6.11. The number of halogens is 2. The Morgan fingerprint density at radius 2 is 2.12 bits per heavy atom. The van der Waals surface area contributed by atoms with Crippen molar-refractivity contribution in [2.45, 2.75) is 6.92 Å². The van der Waals surface area contributed by atoms with Gasteiger partial charge in [-0.15, -0.1) is 0 Å². The fraction of sp³-hybridized carbons (Fsp3) is 0.182. The summed E-state index contributed by atoms with van der Waals surface area (Å²) in [6.45, 7) is 1.50. The van der Waals surface area contributed by atoms with E-state index in [0.29, 0.717) is 27.0 Å². The van der Waals surface area contributed by atoms with Crippen molar-refractivity contribution in [1.29, 1.82) is 0 Å². The molecule has 1 aromatic carbocycles. The van der Waals surface area contributed by atoms with Gasteiger partial charge in [-0.1, -0.05) is 46.8 Å². The minimum absolute atomic E-state index is 0.0377. The minimum Gasteiger partial charge on any atom is -0.397 e. The first-order chi connectivity index (χ1) is 7.50. The van der Waals surface area contributed by atoms with Crippen LogP contribution in [0.15, 0.2) is 12.1 Å². The van der Waals surface area contributed by atoms with Crippen LogP contribution in [0.3, 0.4) is 0 Å². The molecule has 0 aliphatic carbocycles. The third-order valence-electron chi connectivity index (χ3n) is 1.66. The zero-order valence-corrected chi connectivity index (χ0v) is 10.8. The number of benzene rings is 1. The van der Waals surface area contributed by atoms with Gasteiger partial charge >= 0.3 is 0 Å². The number of rotatable bonds is 1. The predicted molar refractivity (Wildman–Crippen MR) is 70.9 cm³/mol. The van der Waals surface area contributed by atoms with Gasteiger partial charge < -0.3 is 5.73 Å². The van der Waals surface area contributed by atoms with Crippen molar-refractivity contribution >= 4 is 45.8 Å². The van der Waals surface area contributed by atoms with E-state index in [0.717, 1.165) is 11.8 Å². The Balaban J connectivity index is 2.81. The van der Waals surface area contributed by atoms with Crippen LogP contribution in [-0.2, 0) is 4.79 Å². The molecule has 84 valence electrons. The second-order valence-corrected chi connectivity index (χ2v) is 4.90. The van der Waals surface area contributed by atoms with Crippen LogP contribution in [0.2, 0.25) is 10.0 Å². The first-order valence-electron chi connectivity index (χ1n) is 4.37. The van der Waals surface area contributed by atoms with Crippen LogP contribution in [0.5, 0.6) is 0 Å². The van der Waals surface area contributed by atoms with E-state index >= 15 is 0 Å². The lowest BCUT2D eigenvalue weighted by molar-refractivity contribution is -0.109. The van der Waals surface area contributed by atoms with Crippen molar-refractivity contribution in [3.05, 3.63) is 27.7 Å². The van der Waals surface area contributed by atoms with E-state index in [9.17, 15) is 4.79 Å². The van der Waals surface area contributed by atoms with Gasteiger partial charge in [0.25, 0.3) is 0 Å². The van der Waals surface area contributed by atoms with E-state index in [2.05, 4.69) is 11.8 Å².